The number of hydrogen-bond acceptors (Lipinski definition) is 3. The van der Waals surface area contributed by atoms with Crippen LogP contribution in [-0.2, 0) is 4.57 Å². The Bertz CT molecular complexity index is 122. The van der Waals surface area contributed by atoms with Crippen LogP contribution in [0.3, 0.4) is 0 Å². The Hall–Kier alpha value is 0.0200. The zero-order valence-electron chi connectivity index (χ0n) is 6.33. The van der Waals surface area contributed by atoms with Crippen LogP contribution in [-0.4, -0.2) is 10.4 Å². The molecule has 0 amide bonds. The lowest BCUT2D eigenvalue weighted by Gasteiger charge is -2.11. The van der Waals surface area contributed by atoms with Crippen LogP contribution in [0.2, 0.25) is 0 Å². The van der Waals surface area contributed by atoms with Crippen LogP contribution >= 0.6 is 8.03 Å². The van der Waals surface area contributed by atoms with Crippen LogP contribution in [0.15, 0.2) is 0 Å². The molecule has 0 aromatic carbocycles. The van der Waals surface area contributed by atoms with Crippen molar-refractivity contribution in [3.8, 4) is 0 Å². The van der Waals surface area contributed by atoms with Crippen molar-refractivity contribution in [2.24, 2.45) is 0 Å². The largest absolute Gasteiger partial charge is 0.593 e. The van der Waals surface area contributed by atoms with Gasteiger partial charge in [0.05, 0.1) is 0 Å². The molecular formula is C6H13O3P. The maximum atomic E-state index is 10.3. The SMILES string of the molecule is CCCCC(C)(O)[P+](=O)[O-]. The van der Waals surface area contributed by atoms with Crippen molar-refractivity contribution in [3.05, 3.63) is 0 Å². The van der Waals surface area contributed by atoms with Gasteiger partial charge >= 0.3 is 8.03 Å². The van der Waals surface area contributed by atoms with Crippen molar-refractivity contribution in [2.45, 2.75) is 38.5 Å². The Morgan fingerprint density at radius 1 is 1.70 bits per heavy atom. The van der Waals surface area contributed by atoms with Crippen LogP contribution in [0.5, 0.6) is 0 Å². The topological polar surface area (TPSA) is 60.4 Å². The van der Waals surface area contributed by atoms with E-state index in [0.717, 1.165) is 12.8 Å². The second-order valence-corrected chi connectivity index (χ2v) is 4.06. The highest BCUT2D eigenvalue weighted by molar-refractivity contribution is 7.38. The standard InChI is InChI=1S/C6H13O3P/c1-3-4-5-6(2,7)10(8)9/h7H,3-5H2,1-2H3. The molecule has 0 saturated heterocycles. The summed E-state index contributed by atoms with van der Waals surface area (Å²) in [5, 5.41) is 7.63. The van der Waals surface area contributed by atoms with E-state index in [1.807, 2.05) is 6.92 Å². The minimum absolute atomic E-state index is 0.336. The summed E-state index contributed by atoms with van der Waals surface area (Å²) in [6, 6.07) is 0. The first-order valence-corrected chi connectivity index (χ1v) is 4.55. The van der Waals surface area contributed by atoms with Crippen LogP contribution in [0, 0.1) is 0 Å². The fraction of sp³-hybridized carbons (Fsp3) is 1.00. The van der Waals surface area contributed by atoms with E-state index < -0.39 is 13.4 Å². The molecule has 0 saturated carbocycles. The highest BCUT2D eigenvalue weighted by Gasteiger charge is 2.33. The van der Waals surface area contributed by atoms with Crippen molar-refractivity contribution in [3.63, 3.8) is 0 Å². The van der Waals surface area contributed by atoms with Crippen molar-refractivity contribution >= 4 is 8.03 Å². The number of unbranched alkanes of at least 4 members (excludes halogenated alkanes) is 1. The van der Waals surface area contributed by atoms with Gasteiger partial charge < -0.3 is 10.00 Å². The fourth-order valence-electron chi connectivity index (χ4n) is 0.603. The monoisotopic (exact) mass is 164 g/mol. The zero-order valence-corrected chi connectivity index (χ0v) is 7.23. The quantitative estimate of drug-likeness (QED) is 0.630. The molecule has 0 bridgehead atoms. The maximum Gasteiger partial charge on any atom is 0.344 e. The molecule has 10 heavy (non-hydrogen) atoms. The smallest absolute Gasteiger partial charge is 0.344 e. The van der Waals surface area contributed by atoms with Crippen LogP contribution < -0.4 is 4.89 Å². The third-order valence-electron chi connectivity index (χ3n) is 1.40. The second-order valence-electron chi connectivity index (χ2n) is 2.58. The Morgan fingerprint density at radius 2 is 2.20 bits per heavy atom. The van der Waals surface area contributed by atoms with Crippen molar-refractivity contribution in [1.82, 2.24) is 0 Å². The summed E-state index contributed by atoms with van der Waals surface area (Å²) in [5.74, 6) is 0. The Morgan fingerprint density at radius 3 is 2.50 bits per heavy atom. The summed E-state index contributed by atoms with van der Waals surface area (Å²) in [7, 11) is -2.70. The van der Waals surface area contributed by atoms with E-state index in [2.05, 4.69) is 0 Å². The van der Waals surface area contributed by atoms with Crippen LogP contribution in [0.25, 0.3) is 0 Å². The molecule has 0 radical (unpaired) electrons. The van der Waals surface area contributed by atoms with Gasteiger partial charge in [-0.2, -0.15) is 0 Å². The zero-order chi connectivity index (χ0) is 8.20. The first-order chi connectivity index (χ1) is 4.50. The van der Waals surface area contributed by atoms with Gasteiger partial charge in [-0.25, -0.2) is 0 Å². The summed E-state index contributed by atoms with van der Waals surface area (Å²) in [4.78, 5) is 10.3. The highest BCUT2D eigenvalue weighted by atomic mass is 31.1. The van der Waals surface area contributed by atoms with Crippen molar-refractivity contribution < 1.29 is 14.6 Å². The maximum absolute atomic E-state index is 10.3. The van der Waals surface area contributed by atoms with Crippen molar-refractivity contribution in [1.29, 1.82) is 0 Å². The molecule has 0 spiro atoms. The predicted molar refractivity (Wildman–Crippen MR) is 37.8 cm³/mol. The molecule has 1 N–H and O–H groups in total. The molecule has 0 aromatic heterocycles. The number of aliphatic hydroxyl groups is 1. The highest BCUT2D eigenvalue weighted by Crippen LogP contribution is 2.32. The molecule has 2 unspecified atom stereocenters. The van der Waals surface area contributed by atoms with Crippen LogP contribution in [0.4, 0.5) is 0 Å². The molecule has 3 nitrogen and oxygen atoms in total. The lowest BCUT2D eigenvalue weighted by atomic mass is 10.2. The number of rotatable bonds is 4. The average Bonchev–Trinajstić information content (AvgIpc) is 1.84. The third kappa shape index (κ3) is 3.25. The Labute approximate surface area is 61.9 Å². The summed E-state index contributed by atoms with van der Waals surface area (Å²) in [5.41, 5.74) is 0. The lowest BCUT2D eigenvalue weighted by Crippen LogP contribution is -2.22. The molecule has 2 atom stereocenters. The molecule has 4 heteroatoms. The van der Waals surface area contributed by atoms with Gasteiger partial charge in [-0.1, -0.05) is 17.9 Å². The van der Waals surface area contributed by atoms with Gasteiger partial charge in [0.15, 0.2) is 0 Å². The summed E-state index contributed by atoms with van der Waals surface area (Å²) >= 11 is 0. The van der Waals surface area contributed by atoms with Crippen molar-refractivity contribution in [2.75, 3.05) is 0 Å². The Kier molecular flexibility index (Phi) is 4.02. The van der Waals surface area contributed by atoms with Gasteiger partial charge in [0, 0.05) is 13.3 Å². The molecule has 0 fully saturated rings. The molecule has 0 rings (SSSR count). The summed E-state index contributed by atoms with van der Waals surface area (Å²) in [6.07, 6.45) is 1.98. The normalized spacial score (nSPS) is 18.2. The molecule has 0 heterocycles. The predicted octanol–water partition coefficient (Wildman–Crippen LogP) is 0.988. The second kappa shape index (κ2) is 4.02. The number of hydrogen-bond donors (Lipinski definition) is 1. The minimum Gasteiger partial charge on any atom is -0.593 e. The van der Waals surface area contributed by atoms with Gasteiger partial charge in [-0.15, -0.1) is 0 Å². The first-order valence-electron chi connectivity index (χ1n) is 3.37. The minimum atomic E-state index is -2.70. The van der Waals surface area contributed by atoms with Gasteiger partial charge in [-0.3, -0.25) is 0 Å². The molecule has 60 valence electrons. The van der Waals surface area contributed by atoms with E-state index in [9.17, 15) is 9.46 Å². The first kappa shape index (κ1) is 10.0. The van der Waals surface area contributed by atoms with Crippen LogP contribution in [0.1, 0.15) is 33.1 Å². The van der Waals surface area contributed by atoms with Gasteiger partial charge in [-0.05, 0) is 6.42 Å². The molecule has 0 aliphatic carbocycles. The van der Waals surface area contributed by atoms with Gasteiger partial charge in [0.1, 0.15) is 0 Å². The van der Waals surface area contributed by atoms with E-state index in [-0.39, 0.29) is 0 Å². The Balaban J connectivity index is 3.75. The van der Waals surface area contributed by atoms with E-state index >= 15 is 0 Å². The molecule has 0 aliphatic heterocycles. The summed E-state index contributed by atoms with van der Waals surface area (Å²) in [6.45, 7) is 3.28. The third-order valence-corrected chi connectivity index (χ3v) is 2.41. The average molecular weight is 164 g/mol. The fourth-order valence-corrected chi connectivity index (χ4v) is 0.944. The van der Waals surface area contributed by atoms with Gasteiger partial charge in [0.25, 0.3) is 5.34 Å². The molecule has 0 aliphatic rings. The van der Waals surface area contributed by atoms with Gasteiger partial charge in [0.2, 0.25) is 0 Å². The molecule has 0 aromatic rings. The van der Waals surface area contributed by atoms with E-state index in [0.29, 0.717) is 6.42 Å². The van der Waals surface area contributed by atoms with E-state index in [1.165, 1.54) is 6.92 Å². The summed E-state index contributed by atoms with van der Waals surface area (Å²) < 4.78 is 10.3. The van der Waals surface area contributed by atoms with E-state index in [1.54, 1.807) is 0 Å². The van der Waals surface area contributed by atoms with E-state index in [4.69, 9.17) is 5.11 Å². The lowest BCUT2D eigenvalue weighted by molar-refractivity contribution is -0.178. The molecular weight excluding hydrogens is 151 g/mol.